The van der Waals surface area contributed by atoms with Crippen molar-refractivity contribution in [1.82, 2.24) is 0 Å². The predicted molar refractivity (Wildman–Crippen MR) is 67.7 cm³/mol. The molecule has 3 rings (SSSR count). The Balaban J connectivity index is 1.85. The van der Waals surface area contributed by atoms with E-state index in [1.807, 2.05) is 0 Å². The molecule has 0 radical (unpaired) electrons. The van der Waals surface area contributed by atoms with Crippen LogP contribution in [0.3, 0.4) is 0 Å². The second-order valence-electron chi connectivity index (χ2n) is 4.71. The third-order valence-electron chi connectivity index (χ3n) is 3.79. The van der Waals surface area contributed by atoms with Crippen molar-refractivity contribution in [1.29, 1.82) is 0 Å². The molecular formula is C16H16. The number of hydrogen-bond acceptors (Lipinski definition) is 0. The van der Waals surface area contributed by atoms with Crippen LogP contribution in [0, 0.1) is 0 Å². The number of hydrogen-bond donors (Lipinski definition) is 0. The quantitative estimate of drug-likeness (QED) is 0.696. The van der Waals surface area contributed by atoms with Crippen molar-refractivity contribution in [2.24, 2.45) is 0 Å². The van der Waals surface area contributed by atoms with Crippen molar-refractivity contribution in [2.75, 3.05) is 0 Å². The van der Waals surface area contributed by atoms with Crippen LogP contribution in [-0.4, -0.2) is 0 Å². The van der Waals surface area contributed by atoms with Gasteiger partial charge in [0, 0.05) is 0 Å². The Labute approximate surface area is 96.9 Å². The van der Waals surface area contributed by atoms with Gasteiger partial charge < -0.3 is 0 Å². The van der Waals surface area contributed by atoms with Crippen molar-refractivity contribution in [3.63, 3.8) is 0 Å². The maximum Gasteiger partial charge on any atom is -0.00524 e. The molecule has 16 heavy (non-hydrogen) atoms. The predicted octanol–water partition coefficient (Wildman–Crippen LogP) is 4.13. The maximum atomic E-state index is 2.34. The highest BCUT2D eigenvalue weighted by atomic mass is 14.4. The topological polar surface area (TPSA) is 0 Å². The highest BCUT2D eigenvalue weighted by molar-refractivity contribution is 5.45. The molecule has 1 aliphatic carbocycles. The summed E-state index contributed by atoms with van der Waals surface area (Å²) in [6, 6.07) is 19.7. The number of rotatable bonds is 2. The van der Waals surface area contributed by atoms with Gasteiger partial charge >= 0.3 is 0 Å². The van der Waals surface area contributed by atoms with Gasteiger partial charge in [0.25, 0.3) is 0 Å². The van der Waals surface area contributed by atoms with E-state index < -0.39 is 0 Å². The van der Waals surface area contributed by atoms with Gasteiger partial charge in [0.15, 0.2) is 0 Å². The Morgan fingerprint density at radius 1 is 0.812 bits per heavy atom. The lowest BCUT2D eigenvalue weighted by atomic mass is 9.67. The zero-order valence-electron chi connectivity index (χ0n) is 9.56. The summed E-state index contributed by atoms with van der Waals surface area (Å²) in [6.45, 7) is 2.34. The van der Waals surface area contributed by atoms with Gasteiger partial charge in [-0.1, -0.05) is 61.5 Å². The van der Waals surface area contributed by atoms with Crippen molar-refractivity contribution < 1.29 is 0 Å². The van der Waals surface area contributed by atoms with Crippen LogP contribution in [0.1, 0.15) is 35.4 Å². The molecule has 2 atom stereocenters. The van der Waals surface area contributed by atoms with E-state index in [2.05, 4.69) is 61.5 Å². The van der Waals surface area contributed by atoms with Crippen molar-refractivity contribution in [3.8, 4) is 0 Å². The molecule has 0 heterocycles. The molecule has 0 bridgehead atoms. The summed E-state index contributed by atoms with van der Waals surface area (Å²) in [7, 11) is 0. The first-order valence-corrected chi connectivity index (χ1v) is 5.99. The smallest absolute Gasteiger partial charge is 0.00524 e. The SMILES string of the molecule is CC1c2ccccc2C1Cc1ccccc1. The molecular weight excluding hydrogens is 192 g/mol. The zero-order chi connectivity index (χ0) is 11.0. The van der Waals surface area contributed by atoms with Gasteiger partial charge in [-0.15, -0.1) is 0 Å². The molecule has 2 aromatic carbocycles. The minimum atomic E-state index is 0.719. The summed E-state index contributed by atoms with van der Waals surface area (Å²) in [6.07, 6.45) is 1.18. The fraction of sp³-hybridized carbons (Fsp3) is 0.250. The first-order chi connectivity index (χ1) is 7.86. The van der Waals surface area contributed by atoms with Crippen molar-refractivity contribution in [3.05, 3.63) is 71.3 Å². The van der Waals surface area contributed by atoms with Crippen LogP contribution in [0.25, 0.3) is 0 Å². The minimum absolute atomic E-state index is 0.719. The molecule has 0 nitrogen and oxygen atoms in total. The lowest BCUT2D eigenvalue weighted by Gasteiger charge is -2.37. The first-order valence-electron chi connectivity index (χ1n) is 5.99. The normalized spacial score (nSPS) is 22.3. The van der Waals surface area contributed by atoms with E-state index in [9.17, 15) is 0 Å². The van der Waals surface area contributed by atoms with Crippen LogP contribution in [0.4, 0.5) is 0 Å². The highest BCUT2D eigenvalue weighted by Crippen LogP contribution is 2.47. The standard InChI is InChI=1S/C16H16/c1-12-14-9-5-6-10-15(14)16(12)11-13-7-3-2-4-8-13/h2-10,12,16H,11H2,1H3. The van der Waals surface area contributed by atoms with E-state index >= 15 is 0 Å². The molecule has 0 N–H and O–H groups in total. The molecule has 0 fully saturated rings. The molecule has 0 saturated carbocycles. The van der Waals surface area contributed by atoms with Gasteiger partial charge in [0.1, 0.15) is 0 Å². The Morgan fingerprint density at radius 3 is 2.19 bits per heavy atom. The fourth-order valence-corrected chi connectivity index (χ4v) is 2.81. The third kappa shape index (κ3) is 1.46. The van der Waals surface area contributed by atoms with E-state index in [4.69, 9.17) is 0 Å². The van der Waals surface area contributed by atoms with Gasteiger partial charge in [-0.2, -0.15) is 0 Å². The third-order valence-corrected chi connectivity index (χ3v) is 3.79. The minimum Gasteiger partial charge on any atom is -0.0622 e. The summed E-state index contributed by atoms with van der Waals surface area (Å²) < 4.78 is 0. The van der Waals surface area contributed by atoms with E-state index in [1.165, 1.54) is 12.0 Å². The van der Waals surface area contributed by atoms with Gasteiger partial charge in [0.2, 0.25) is 0 Å². The van der Waals surface area contributed by atoms with Crippen LogP contribution < -0.4 is 0 Å². The van der Waals surface area contributed by atoms with Gasteiger partial charge in [-0.05, 0) is 34.9 Å². The summed E-state index contributed by atoms with van der Waals surface area (Å²) in [4.78, 5) is 0. The average Bonchev–Trinajstić information content (AvgIpc) is 2.37. The molecule has 2 unspecified atom stereocenters. The molecule has 1 aliphatic rings. The van der Waals surface area contributed by atoms with E-state index in [-0.39, 0.29) is 0 Å². The lowest BCUT2D eigenvalue weighted by molar-refractivity contribution is 0.499. The van der Waals surface area contributed by atoms with E-state index in [1.54, 1.807) is 11.1 Å². The van der Waals surface area contributed by atoms with Gasteiger partial charge in [-0.25, -0.2) is 0 Å². The Kier molecular flexibility index (Phi) is 2.28. The second kappa shape index (κ2) is 3.79. The molecule has 2 aromatic rings. The summed E-state index contributed by atoms with van der Waals surface area (Å²) in [5.74, 6) is 1.44. The molecule has 0 heteroatoms. The Bertz CT molecular complexity index is 484. The van der Waals surface area contributed by atoms with Crippen LogP contribution in [0.5, 0.6) is 0 Å². The highest BCUT2D eigenvalue weighted by Gasteiger charge is 2.33. The largest absolute Gasteiger partial charge is 0.0622 e. The molecule has 0 aliphatic heterocycles. The van der Waals surface area contributed by atoms with Crippen molar-refractivity contribution in [2.45, 2.75) is 25.2 Å². The van der Waals surface area contributed by atoms with E-state index in [0.29, 0.717) is 0 Å². The Morgan fingerprint density at radius 2 is 1.44 bits per heavy atom. The molecule has 0 amide bonds. The average molecular weight is 208 g/mol. The summed E-state index contributed by atoms with van der Waals surface area (Å²) >= 11 is 0. The van der Waals surface area contributed by atoms with Crippen LogP contribution >= 0.6 is 0 Å². The molecule has 0 saturated heterocycles. The lowest BCUT2D eigenvalue weighted by Crippen LogP contribution is -2.23. The number of benzene rings is 2. The first kappa shape index (κ1) is 9.65. The van der Waals surface area contributed by atoms with Crippen molar-refractivity contribution >= 4 is 0 Å². The summed E-state index contributed by atoms with van der Waals surface area (Å²) in [5.41, 5.74) is 4.55. The van der Waals surface area contributed by atoms with Gasteiger partial charge in [0.05, 0.1) is 0 Å². The Hall–Kier alpha value is -1.56. The molecule has 0 aromatic heterocycles. The number of fused-ring (bicyclic) bond motifs is 1. The maximum absolute atomic E-state index is 2.34. The fourth-order valence-electron chi connectivity index (χ4n) is 2.81. The van der Waals surface area contributed by atoms with Crippen LogP contribution in [-0.2, 0) is 6.42 Å². The van der Waals surface area contributed by atoms with E-state index in [0.717, 1.165) is 11.8 Å². The monoisotopic (exact) mass is 208 g/mol. The molecule has 0 spiro atoms. The van der Waals surface area contributed by atoms with Gasteiger partial charge in [-0.3, -0.25) is 0 Å². The van der Waals surface area contributed by atoms with Crippen LogP contribution in [0.15, 0.2) is 54.6 Å². The molecule has 80 valence electrons. The zero-order valence-corrected chi connectivity index (χ0v) is 9.56. The summed E-state index contributed by atoms with van der Waals surface area (Å²) in [5, 5.41) is 0. The second-order valence-corrected chi connectivity index (χ2v) is 4.71. The van der Waals surface area contributed by atoms with Crippen LogP contribution in [0.2, 0.25) is 0 Å².